The number of aromatic nitrogens is 1. The molecule has 1 rings (SSSR count). The van der Waals surface area contributed by atoms with E-state index in [1.165, 1.54) is 7.11 Å². The average molecular weight is 257 g/mol. The van der Waals surface area contributed by atoms with E-state index >= 15 is 0 Å². The number of carbonyl (C=O) groups is 1. The smallest absolute Gasteiger partial charge is 0.305 e. The van der Waals surface area contributed by atoms with Gasteiger partial charge in [-0.1, -0.05) is 0 Å². The van der Waals surface area contributed by atoms with Crippen molar-refractivity contribution in [3.63, 3.8) is 0 Å². The monoisotopic (exact) mass is 257 g/mol. The lowest BCUT2D eigenvalue weighted by Gasteiger charge is -2.08. The van der Waals surface area contributed by atoms with Gasteiger partial charge in [0.1, 0.15) is 0 Å². The molecule has 0 aliphatic rings. The number of likely N-dealkylation sites (N-methyl/N-ethyl adjacent to an activating group) is 1. The van der Waals surface area contributed by atoms with Gasteiger partial charge < -0.3 is 15.0 Å². The molecule has 0 amide bonds. The van der Waals surface area contributed by atoms with Crippen molar-refractivity contribution in [2.24, 2.45) is 0 Å². The minimum atomic E-state index is -0.194. The highest BCUT2D eigenvalue weighted by Gasteiger charge is 2.05. The number of thiazole rings is 1. The minimum absolute atomic E-state index is 0.194. The molecule has 0 fully saturated rings. The Bertz CT molecular complexity index is 352. The van der Waals surface area contributed by atoms with E-state index in [4.69, 9.17) is 0 Å². The number of aryl methyl sites for hydroxylation is 1. The highest BCUT2D eigenvalue weighted by atomic mass is 32.1. The first-order valence-corrected chi connectivity index (χ1v) is 6.39. The van der Waals surface area contributed by atoms with E-state index in [1.807, 2.05) is 19.5 Å². The average Bonchev–Trinajstić information content (AvgIpc) is 2.73. The van der Waals surface area contributed by atoms with Gasteiger partial charge in [-0.3, -0.25) is 4.79 Å². The molecule has 5 nitrogen and oxygen atoms in total. The Kier molecular flexibility index (Phi) is 5.93. The zero-order valence-electron chi connectivity index (χ0n) is 10.5. The highest BCUT2D eigenvalue weighted by molar-refractivity contribution is 7.13. The van der Waals surface area contributed by atoms with Crippen LogP contribution in [-0.2, 0) is 16.0 Å². The second-order valence-corrected chi connectivity index (χ2v) is 4.81. The molecule has 0 aromatic carbocycles. The Hall–Kier alpha value is -1.14. The number of nitrogens with one attached hydrogen (secondary N) is 1. The zero-order valence-corrected chi connectivity index (χ0v) is 11.3. The fourth-order valence-corrected chi connectivity index (χ4v) is 2.00. The summed E-state index contributed by atoms with van der Waals surface area (Å²) in [6, 6.07) is 0. The maximum absolute atomic E-state index is 11.0. The van der Waals surface area contributed by atoms with Gasteiger partial charge in [-0.15, -0.1) is 11.3 Å². The van der Waals surface area contributed by atoms with Gasteiger partial charge in [-0.2, -0.15) is 0 Å². The van der Waals surface area contributed by atoms with Crippen LogP contribution in [0.1, 0.15) is 12.1 Å². The van der Waals surface area contributed by atoms with Gasteiger partial charge in [0.15, 0.2) is 5.13 Å². The molecule has 1 N–H and O–H groups in total. The molecule has 96 valence electrons. The summed E-state index contributed by atoms with van der Waals surface area (Å²) in [4.78, 5) is 17.5. The number of methoxy groups -OCH3 is 1. The minimum Gasteiger partial charge on any atom is -0.469 e. The van der Waals surface area contributed by atoms with Crippen molar-refractivity contribution >= 4 is 22.4 Å². The Labute approximate surface area is 106 Å². The largest absolute Gasteiger partial charge is 0.469 e. The van der Waals surface area contributed by atoms with Gasteiger partial charge in [0.05, 0.1) is 19.2 Å². The van der Waals surface area contributed by atoms with Crippen LogP contribution in [0.15, 0.2) is 5.38 Å². The fourth-order valence-electron chi connectivity index (χ4n) is 1.22. The van der Waals surface area contributed by atoms with Crippen molar-refractivity contribution < 1.29 is 9.53 Å². The van der Waals surface area contributed by atoms with Crippen molar-refractivity contribution in [1.82, 2.24) is 9.88 Å². The van der Waals surface area contributed by atoms with Gasteiger partial charge in [-0.25, -0.2) is 4.98 Å². The van der Waals surface area contributed by atoms with Crippen molar-refractivity contribution in [3.8, 4) is 0 Å². The summed E-state index contributed by atoms with van der Waals surface area (Å²) in [7, 11) is 5.47. The maximum Gasteiger partial charge on any atom is 0.305 e. The highest BCUT2D eigenvalue weighted by Crippen LogP contribution is 2.16. The molecule has 0 atom stereocenters. The van der Waals surface area contributed by atoms with Crippen molar-refractivity contribution in [2.45, 2.75) is 12.8 Å². The van der Waals surface area contributed by atoms with Gasteiger partial charge in [-0.05, 0) is 14.1 Å². The third-order valence-corrected chi connectivity index (χ3v) is 3.05. The number of anilines is 1. The summed E-state index contributed by atoms with van der Waals surface area (Å²) in [6.45, 7) is 1.84. The first kappa shape index (κ1) is 13.9. The molecule has 17 heavy (non-hydrogen) atoms. The number of hydrogen-bond donors (Lipinski definition) is 1. The molecular weight excluding hydrogens is 238 g/mol. The van der Waals surface area contributed by atoms with Crippen molar-refractivity contribution in [2.75, 3.05) is 39.6 Å². The van der Waals surface area contributed by atoms with Crippen LogP contribution in [0.4, 0.5) is 5.13 Å². The van der Waals surface area contributed by atoms with Crippen LogP contribution in [0.3, 0.4) is 0 Å². The summed E-state index contributed by atoms with van der Waals surface area (Å²) in [6.07, 6.45) is 1.02. The molecular formula is C11H19N3O2S. The standard InChI is InChI=1S/C11H19N3O2S/c1-14(2)7-6-12-11-13-9(8-17-11)4-5-10(15)16-3/h8H,4-7H2,1-3H3,(H,12,13). The van der Waals surface area contributed by atoms with Crippen LogP contribution in [0, 0.1) is 0 Å². The number of rotatable bonds is 7. The number of carbonyl (C=O) groups excluding carboxylic acids is 1. The Balaban J connectivity index is 2.30. The molecule has 0 unspecified atom stereocenters. The Morgan fingerprint density at radius 3 is 3.00 bits per heavy atom. The lowest BCUT2D eigenvalue weighted by Crippen LogP contribution is -2.20. The van der Waals surface area contributed by atoms with Gasteiger partial charge in [0, 0.05) is 24.9 Å². The molecule has 0 saturated carbocycles. The number of ether oxygens (including phenoxy) is 1. The van der Waals surface area contributed by atoms with Gasteiger partial charge in [0.2, 0.25) is 0 Å². The van der Waals surface area contributed by atoms with E-state index in [0.29, 0.717) is 12.8 Å². The second-order valence-electron chi connectivity index (χ2n) is 3.95. The van der Waals surface area contributed by atoms with Crippen molar-refractivity contribution in [3.05, 3.63) is 11.1 Å². The molecule has 0 saturated heterocycles. The summed E-state index contributed by atoms with van der Waals surface area (Å²) in [5.41, 5.74) is 0.938. The van der Waals surface area contributed by atoms with E-state index in [1.54, 1.807) is 11.3 Å². The van der Waals surface area contributed by atoms with Gasteiger partial charge >= 0.3 is 5.97 Å². The molecule has 0 radical (unpaired) electrons. The first-order chi connectivity index (χ1) is 8.11. The fraction of sp³-hybridized carbons (Fsp3) is 0.636. The molecule has 1 aromatic heterocycles. The number of esters is 1. The molecule has 0 aliphatic heterocycles. The normalized spacial score (nSPS) is 10.6. The van der Waals surface area contributed by atoms with Crippen LogP contribution in [0.25, 0.3) is 0 Å². The molecule has 0 aliphatic carbocycles. The summed E-state index contributed by atoms with van der Waals surface area (Å²) >= 11 is 1.57. The molecule has 1 aromatic rings. The van der Waals surface area contributed by atoms with E-state index in [2.05, 4.69) is 19.9 Å². The van der Waals surface area contributed by atoms with Gasteiger partial charge in [0.25, 0.3) is 0 Å². The zero-order chi connectivity index (χ0) is 12.7. The Morgan fingerprint density at radius 2 is 2.35 bits per heavy atom. The first-order valence-electron chi connectivity index (χ1n) is 5.51. The predicted octanol–water partition coefficient (Wildman–Crippen LogP) is 1.22. The predicted molar refractivity (Wildman–Crippen MR) is 69.5 cm³/mol. The Morgan fingerprint density at radius 1 is 1.59 bits per heavy atom. The maximum atomic E-state index is 11.0. The number of hydrogen-bond acceptors (Lipinski definition) is 6. The third kappa shape index (κ3) is 5.65. The van der Waals surface area contributed by atoms with E-state index < -0.39 is 0 Å². The summed E-state index contributed by atoms with van der Waals surface area (Å²) < 4.78 is 4.59. The number of nitrogens with zero attached hydrogens (tertiary/aromatic N) is 2. The van der Waals surface area contributed by atoms with Crippen molar-refractivity contribution in [1.29, 1.82) is 0 Å². The topological polar surface area (TPSA) is 54.5 Å². The third-order valence-electron chi connectivity index (χ3n) is 2.20. The van der Waals surface area contributed by atoms with Crippen LogP contribution in [0.5, 0.6) is 0 Å². The SMILES string of the molecule is COC(=O)CCc1csc(NCCN(C)C)n1. The van der Waals surface area contributed by atoms with E-state index in [-0.39, 0.29) is 5.97 Å². The van der Waals surface area contributed by atoms with Crippen LogP contribution in [-0.4, -0.2) is 50.1 Å². The van der Waals surface area contributed by atoms with E-state index in [9.17, 15) is 4.79 Å². The lowest BCUT2D eigenvalue weighted by molar-refractivity contribution is -0.140. The van der Waals surface area contributed by atoms with E-state index in [0.717, 1.165) is 23.9 Å². The molecule has 0 spiro atoms. The molecule has 1 heterocycles. The summed E-state index contributed by atoms with van der Waals surface area (Å²) in [5, 5.41) is 6.13. The molecule has 6 heteroatoms. The second kappa shape index (κ2) is 7.24. The quantitative estimate of drug-likeness (QED) is 0.744. The summed E-state index contributed by atoms with van der Waals surface area (Å²) in [5.74, 6) is -0.194. The molecule has 0 bridgehead atoms. The van der Waals surface area contributed by atoms with Crippen LogP contribution in [0.2, 0.25) is 0 Å². The van der Waals surface area contributed by atoms with Crippen LogP contribution >= 0.6 is 11.3 Å². The van der Waals surface area contributed by atoms with Crippen LogP contribution < -0.4 is 5.32 Å². The lowest BCUT2D eigenvalue weighted by atomic mass is 10.2.